The molecule has 1 nitrogen and oxygen atoms in total. The SMILES string of the molecule is CC(C)(C)[Si](C)(C)C#CC(=O)c1ccccc1. The van der Waals surface area contributed by atoms with Gasteiger partial charge in [-0.3, -0.25) is 4.79 Å². The third-order valence-corrected chi connectivity index (χ3v) is 7.90. The van der Waals surface area contributed by atoms with Crippen LogP contribution >= 0.6 is 0 Å². The number of Topliss-reactive ketones (excluding diaryl/α,β-unsaturated/α-hetero) is 1. The van der Waals surface area contributed by atoms with E-state index in [0.29, 0.717) is 5.56 Å². The van der Waals surface area contributed by atoms with Gasteiger partial charge >= 0.3 is 0 Å². The predicted molar refractivity (Wildman–Crippen MR) is 75.7 cm³/mol. The van der Waals surface area contributed by atoms with Gasteiger partial charge in [0.15, 0.2) is 0 Å². The van der Waals surface area contributed by atoms with Gasteiger partial charge in [-0.2, -0.15) is 0 Å². The molecule has 0 amide bonds. The maximum atomic E-state index is 11.9. The molecule has 0 aliphatic carbocycles. The summed E-state index contributed by atoms with van der Waals surface area (Å²) in [4.78, 5) is 11.9. The van der Waals surface area contributed by atoms with Gasteiger partial charge in [0, 0.05) is 5.56 Å². The first-order chi connectivity index (χ1) is 7.74. The lowest BCUT2D eigenvalue weighted by Gasteiger charge is -2.31. The summed E-state index contributed by atoms with van der Waals surface area (Å²) in [6.07, 6.45) is 0. The zero-order valence-electron chi connectivity index (χ0n) is 11.3. The Morgan fingerprint density at radius 3 is 2.12 bits per heavy atom. The van der Waals surface area contributed by atoms with E-state index in [9.17, 15) is 4.79 Å². The minimum atomic E-state index is -1.68. The summed E-state index contributed by atoms with van der Waals surface area (Å²) in [5, 5.41) is 0.191. The number of rotatable bonds is 1. The average Bonchev–Trinajstić information content (AvgIpc) is 2.25. The third kappa shape index (κ3) is 3.57. The molecule has 0 N–H and O–H groups in total. The van der Waals surface area contributed by atoms with Crippen LogP contribution in [0.5, 0.6) is 0 Å². The second kappa shape index (κ2) is 4.89. The lowest BCUT2D eigenvalue weighted by atomic mass is 10.1. The van der Waals surface area contributed by atoms with Gasteiger partial charge in [-0.05, 0) is 11.0 Å². The Kier molecular flexibility index (Phi) is 3.95. The van der Waals surface area contributed by atoms with Gasteiger partial charge in [-0.15, -0.1) is 5.54 Å². The molecule has 1 aromatic carbocycles. The van der Waals surface area contributed by atoms with Crippen molar-refractivity contribution in [1.29, 1.82) is 0 Å². The standard InChI is InChI=1S/C15H20OSi/c1-15(2,3)17(4,5)12-11-14(16)13-9-7-6-8-10-13/h6-10H,1-5H3. The van der Waals surface area contributed by atoms with E-state index in [0.717, 1.165) is 0 Å². The van der Waals surface area contributed by atoms with Gasteiger partial charge in [-0.1, -0.05) is 64.2 Å². The second-order valence-corrected chi connectivity index (χ2v) is 10.8. The van der Waals surface area contributed by atoms with E-state index >= 15 is 0 Å². The van der Waals surface area contributed by atoms with Gasteiger partial charge in [0.2, 0.25) is 5.78 Å². The van der Waals surface area contributed by atoms with E-state index < -0.39 is 8.07 Å². The van der Waals surface area contributed by atoms with Crippen LogP contribution in [0.2, 0.25) is 18.1 Å². The zero-order valence-corrected chi connectivity index (χ0v) is 12.3. The van der Waals surface area contributed by atoms with Crippen LogP contribution in [0.4, 0.5) is 0 Å². The van der Waals surface area contributed by atoms with Gasteiger partial charge in [-0.25, -0.2) is 0 Å². The minimum Gasteiger partial charge on any atom is -0.279 e. The summed E-state index contributed by atoms with van der Waals surface area (Å²) >= 11 is 0. The monoisotopic (exact) mass is 244 g/mol. The molecule has 0 spiro atoms. The Hall–Kier alpha value is -1.33. The molecule has 0 bridgehead atoms. The van der Waals surface area contributed by atoms with Crippen molar-refractivity contribution in [3.63, 3.8) is 0 Å². The van der Waals surface area contributed by atoms with Crippen LogP contribution in [-0.4, -0.2) is 13.9 Å². The minimum absolute atomic E-state index is 0.0737. The van der Waals surface area contributed by atoms with E-state index in [-0.39, 0.29) is 10.8 Å². The van der Waals surface area contributed by atoms with E-state index in [1.165, 1.54) is 0 Å². The van der Waals surface area contributed by atoms with Crippen LogP contribution in [0.25, 0.3) is 0 Å². The lowest BCUT2D eigenvalue weighted by Crippen LogP contribution is -2.35. The molecule has 1 rings (SSSR count). The molecule has 0 aromatic heterocycles. The predicted octanol–water partition coefficient (Wildman–Crippen LogP) is 3.92. The number of hydrogen-bond acceptors (Lipinski definition) is 1. The Morgan fingerprint density at radius 1 is 1.12 bits per heavy atom. The summed E-state index contributed by atoms with van der Waals surface area (Å²) in [6.45, 7) is 11.0. The number of hydrogen-bond donors (Lipinski definition) is 0. The van der Waals surface area contributed by atoms with Crippen molar-refractivity contribution in [1.82, 2.24) is 0 Å². The smallest absolute Gasteiger partial charge is 0.235 e. The van der Waals surface area contributed by atoms with E-state index in [1.807, 2.05) is 30.3 Å². The number of benzene rings is 1. The van der Waals surface area contributed by atoms with Crippen LogP contribution in [0.3, 0.4) is 0 Å². The van der Waals surface area contributed by atoms with Crippen molar-refractivity contribution in [2.45, 2.75) is 38.9 Å². The van der Waals surface area contributed by atoms with Crippen LogP contribution in [0, 0.1) is 11.5 Å². The highest BCUT2D eigenvalue weighted by Gasteiger charge is 2.33. The molecule has 0 saturated carbocycles. The highest BCUT2D eigenvalue weighted by molar-refractivity contribution is 6.87. The highest BCUT2D eigenvalue weighted by Crippen LogP contribution is 2.35. The summed E-state index contributed by atoms with van der Waals surface area (Å²) < 4.78 is 0. The number of carbonyl (C=O) groups is 1. The fourth-order valence-corrected chi connectivity index (χ4v) is 1.86. The Bertz CT molecular complexity index is 455. The fourth-order valence-electron chi connectivity index (χ4n) is 1.06. The quantitative estimate of drug-likeness (QED) is 0.416. The van der Waals surface area contributed by atoms with Gasteiger partial charge < -0.3 is 0 Å². The summed E-state index contributed by atoms with van der Waals surface area (Å²) in [7, 11) is -1.68. The largest absolute Gasteiger partial charge is 0.279 e. The number of carbonyl (C=O) groups excluding carboxylic acids is 1. The van der Waals surface area contributed by atoms with Crippen LogP contribution in [-0.2, 0) is 0 Å². The molecule has 0 aliphatic heterocycles. The average molecular weight is 244 g/mol. The summed E-state index contributed by atoms with van der Waals surface area (Å²) in [5.74, 6) is 2.74. The lowest BCUT2D eigenvalue weighted by molar-refractivity contribution is 0.105. The molecule has 1 aromatic rings. The molecule has 0 radical (unpaired) electrons. The van der Waals surface area contributed by atoms with Gasteiger partial charge in [0.1, 0.15) is 8.07 Å². The Labute approximate surface area is 105 Å². The second-order valence-electron chi connectivity index (χ2n) is 5.82. The molecule has 17 heavy (non-hydrogen) atoms. The Morgan fingerprint density at radius 2 is 1.65 bits per heavy atom. The van der Waals surface area contributed by atoms with Crippen molar-refractivity contribution in [2.75, 3.05) is 0 Å². The summed E-state index contributed by atoms with van der Waals surface area (Å²) in [6, 6.07) is 9.24. The van der Waals surface area contributed by atoms with Crippen LogP contribution < -0.4 is 0 Å². The molecule has 0 atom stereocenters. The van der Waals surface area contributed by atoms with Gasteiger partial charge in [0.25, 0.3) is 0 Å². The van der Waals surface area contributed by atoms with E-state index in [4.69, 9.17) is 0 Å². The normalized spacial score (nSPS) is 11.6. The topological polar surface area (TPSA) is 17.1 Å². The van der Waals surface area contributed by atoms with E-state index in [2.05, 4.69) is 45.3 Å². The third-order valence-electron chi connectivity index (χ3n) is 3.40. The maximum absolute atomic E-state index is 11.9. The molecule has 2 heteroatoms. The first kappa shape index (κ1) is 13.7. The first-order valence-electron chi connectivity index (χ1n) is 5.86. The van der Waals surface area contributed by atoms with Crippen molar-refractivity contribution < 1.29 is 4.79 Å². The molecule has 0 unspecified atom stereocenters. The van der Waals surface area contributed by atoms with Crippen molar-refractivity contribution in [3.8, 4) is 11.5 Å². The molecular formula is C15H20OSi. The van der Waals surface area contributed by atoms with Crippen LogP contribution in [0.15, 0.2) is 30.3 Å². The van der Waals surface area contributed by atoms with Crippen molar-refractivity contribution in [3.05, 3.63) is 35.9 Å². The van der Waals surface area contributed by atoms with E-state index in [1.54, 1.807) is 0 Å². The highest BCUT2D eigenvalue weighted by atomic mass is 28.3. The maximum Gasteiger partial charge on any atom is 0.235 e. The molecule has 90 valence electrons. The number of ketones is 1. The molecule has 0 fully saturated rings. The molecular weight excluding hydrogens is 224 g/mol. The van der Waals surface area contributed by atoms with Crippen molar-refractivity contribution >= 4 is 13.9 Å². The van der Waals surface area contributed by atoms with Crippen molar-refractivity contribution in [2.24, 2.45) is 0 Å². The zero-order chi connectivity index (χ0) is 13.1. The molecule has 0 aliphatic rings. The fraction of sp³-hybridized carbons (Fsp3) is 0.400. The van der Waals surface area contributed by atoms with Gasteiger partial charge in [0.05, 0.1) is 0 Å². The Balaban J connectivity index is 2.91. The van der Waals surface area contributed by atoms with Crippen LogP contribution in [0.1, 0.15) is 31.1 Å². The molecule has 0 saturated heterocycles. The first-order valence-corrected chi connectivity index (χ1v) is 8.86. The summed E-state index contributed by atoms with van der Waals surface area (Å²) in [5.41, 5.74) is 3.92. The molecule has 0 heterocycles.